The summed E-state index contributed by atoms with van der Waals surface area (Å²) in [7, 11) is -6.35. The Morgan fingerprint density at radius 1 is 0.906 bits per heavy atom. The molecule has 2 rings (SSSR count). The van der Waals surface area contributed by atoms with Crippen molar-refractivity contribution in [2.24, 2.45) is 0 Å². The van der Waals surface area contributed by atoms with E-state index in [0.717, 1.165) is 0 Å². The highest BCUT2D eigenvalue weighted by Gasteiger charge is 2.62. The van der Waals surface area contributed by atoms with E-state index < -0.39 is 51.5 Å². The summed E-state index contributed by atoms with van der Waals surface area (Å²) >= 11 is 0. The minimum Gasteiger partial charge on any atom is -0.353 e. The van der Waals surface area contributed by atoms with Crippen molar-refractivity contribution in [3.05, 3.63) is 0 Å². The Hall–Kier alpha value is 0.100. The molecule has 0 spiro atoms. The lowest BCUT2D eigenvalue weighted by molar-refractivity contribution is -0.227. The summed E-state index contributed by atoms with van der Waals surface area (Å²) in [6, 6.07) is 0. The number of fused-ring (bicyclic) bond motifs is 1. The highest BCUT2D eigenvalue weighted by Crippen LogP contribution is 2.60. The molecule has 11 nitrogen and oxygen atoms in total. The van der Waals surface area contributed by atoms with Crippen LogP contribution < -0.4 is 5.09 Å². The minimum atomic E-state index is -3.94. The number of methoxy groups -OCH3 is 1. The van der Waals surface area contributed by atoms with Crippen LogP contribution in [0.25, 0.3) is 0 Å². The van der Waals surface area contributed by atoms with Gasteiger partial charge in [0.1, 0.15) is 24.1 Å². The number of nitrogens with one attached hydrogen (secondary N) is 1. The summed E-state index contributed by atoms with van der Waals surface area (Å²) in [4.78, 5) is 0. The minimum absolute atomic E-state index is 0.109. The molecule has 1 unspecified atom stereocenters. The van der Waals surface area contributed by atoms with Crippen LogP contribution in [0.2, 0.25) is 0 Å². The van der Waals surface area contributed by atoms with Gasteiger partial charge in [0.2, 0.25) is 0 Å². The molecule has 2 aliphatic heterocycles. The monoisotopic (exact) mass is 503 g/mol. The smallest absolute Gasteiger partial charge is 0.353 e. The Morgan fingerprint density at radius 2 is 1.44 bits per heavy atom. The van der Waals surface area contributed by atoms with E-state index >= 15 is 0 Å². The van der Waals surface area contributed by atoms with Gasteiger partial charge in [-0.2, -0.15) is 0 Å². The van der Waals surface area contributed by atoms with Crippen molar-refractivity contribution < 1.29 is 46.2 Å². The van der Waals surface area contributed by atoms with Crippen molar-refractivity contribution in [1.82, 2.24) is 5.09 Å². The summed E-state index contributed by atoms with van der Waals surface area (Å²) in [5.74, 6) is -2.14. The van der Waals surface area contributed by atoms with E-state index in [1.54, 1.807) is 27.7 Å². The highest BCUT2D eigenvalue weighted by atomic mass is 31.2. The van der Waals surface area contributed by atoms with E-state index in [4.69, 9.17) is 37.0 Å². The molecule has 0 amide bonds. The highest BCUT2D eigenvalue weighted by molar-refractivity contribution is 7.57. The third-order valence-electron chi connectivity index (χ3n) is 4.77. The average Bonchev–Trinajstić information content (AvgIpc) is 3.22. The fraction of sp³-hybridized carbons (Fsp3) is 1.00. The quantitative estimate of drug-likeness (QED) is 0.326. The summed E-state index contributed by atoms with van der Waals surface area (Å²) in [6.07, 6.45) is -1.81. The lowest BCUT2D eigenvalue weighted by Crippen LogP contribution is -2.46. The van der Waals surface area contributed by atoms with Crippen molar-refractivity contribution in [3.63, 3.8) is 0 Å². The predicted octanol–water partition coefficient (Wildman–Crippen LogP) is 4.02. The van der Waals surface area contributed by atoms with E-state index in [9.17, 15) is 9.13 Å². The molecule has 0 saturated carbocycles. The summed E-state index contributed by atoms with van der Waals surface area (Å²) in [6.45, 7) is 11.2. The van der Waals surface area contributed by atoms with Crippen molar-refractivity contribution in [2.75, 3.05) is 33.5 Å². The van der Waals surface area contributed by atoms with E-state index in [0.29, 0.717) is 12.8 Å². The van der Waals surface area contributed by atoms with Gasteiger partial charge in [0, 0.05) is 7.11 Å². The summed E-state index contributed by atoms with van der Waals surface area (Å²) in [5.41, 5.74) is 0. The largest absolute Gasteiger partial charge is 0.406 e. The van der Waals surface area contributed by atoms with Gasteiger partial charge >= 0.3 is 15.3 Å². The molecule has 32 heavy (non-hydrogen) atoms. The molecule has 2 aliphatic rings. The second-order valence-corrected chi connectivity index (χ2v) is 11.8. The molecule has 0 aromatic heterocycles. The van der Waals surface area contributed by atoms with Crippen LogP contribution in [0, 0.1) is 0 Å². The first-order chi connectivity index (χ1) is 15.1. The van der Waals surface area contributed by atoms with E-state index in [1.165, 1.54) is 7.11 Å². The van der Waals surface area contributed by atoms with E-state index in [2.05, 4.69) is 5.09 Å². The topological polar surface area (TPSA) is 120 Å². The predicted molar refractivity (Wildman–Crippen MR) is 117 cm³/mol. The molecule has 5 atom stereocenters. The Labute approximate surface area is 191 Å². The average molecular weight is 503 g/mol. The maximum atomic E-state index is 14.1. The molecule has 2 heterocycles. The van der Waals surface area contributed by atoms with Gasteiger partial charge in [-0.05, 0) is 40.5 Å². The maximum Gasteiger partial charge on any atom is 0.406 e. The molecule has 1 N–H and O–H groups in total. The second-order valence-electron chi connectivity index (χ2n) is 7.88. The first-order valence-corrected chi connectivity index (χ1v) is 14.3. The fourth-order valence-corrected chi connectivity index (χ4v) is 7.84. The molecule has 2 fully saturated rings. The number of hydrogen-bond donors (Lipinski definition) is 1. The Morgan fingerprint density at radius 3 is 1.91 bits per heavy atom. The Balaban J connectivity index is 2.48. The zero-order valence-electron chi connectivity index (χ0n) is 20.1. The van der Waals surface area contributed by atoms with Crippen LogP contribution in [0.3, 0.4) is 0 Å². The number of ether oxygens (including phenoxy) is 4. The number of hydrogen-bond acceptors (Lipinski definition) is 10. The molecule has 2 saturated heterocycles. The van der Waals surface area contributed by atoms with Crippen LogP contribution in [-0.4, -0.2) is 69.7 Å². The van der Waals surface area contributed by atoms with Gasteiger partial charge in [0.25, 0.3) is 0 Å². The summed E-state index contributed by atoms with van der Waals surface area (Å²) in [5, 5.41) is 2.80. The molecule has 190 valence electrons. The van der Waals surface area contributed by atoms with Crippen molar-refractivity contribution in [1.29, 1.82) is 0 Å². The maximum absolute atomic E-state index is 14.1. The lowest BCUT2D eigenvalue weighted by Gasteiger charge is -2.35. The van der Waals surface area contributed by atoms with Crippen LogP contribution in [0.1, 0.15) is 54.4 Å². The Bertz CT molecular complexity index is 656. The molecule has 0 aliphatic carbocycles. The molecule has 0 radical (unpaired) electrons. The van der Waals surface area contributed by atoms with Crippen LogP contribution in [0.15, 0.2) is 0 Å². The van der Waals surface area contributed by atoms with Gasteiger partial charge in [-0.25, -0.2) is 9.65 Å². The lowest BCUT2D eigenvalue weighted by atomic mass is 10.1. The zero-order chi connectivity index (χ0) is 24.0. The molecular weight excluding hydrogens is 464 g/mol. The molecule has 0 aromatic rings. The van der Waals surface area contributed by atoms with Gasteiger partial charge in [-0.1, -0.05) is 13.8 Å². The molecular formula is C19H39NO10P2. The normalized spacial score (nSPS) is 28.7. The summed E-state index contributed by atoms with van der Waals surface area (Å²) < 4.78 is 73.3. The zero-order valence-corrected chi connectivity index (χ0v) is 21.9. The third-order valence-corrected chi connectivity index (χ3v) is 8.95. The SMILES string of the molecule is CCCOP(=O)(OCCC)C(NP(=O)(OCC)OCC)[C@H]1O[C@@H](OC)[C@@H]2OC(C)(C)O[C@@H]21. The van der Waals surface area contributed by atoms with Gasteiger partial charge in [0.15, 0.2) is 12.1 Å². The molecule has 13 heteroatoms. The molecule has 0 aromatic carbocycles. The van der Waals surface area contributed by atoms with E-state index in [-0.39, 0.29) is 26.4 Å². The van der Waals surface area contributed by atoms with Gasteiger partial charge in [-0.3, -0.25) is 13.6 Å². The van der Waals surface area contributed by atoms with Crippen LogP contribution in [-0.2, 0) is 46.2 Å². The van der Waals surface area contributed by atoms with Crippen molar-refractivity contribution >= 4 is 15.3 Å². The van der Waals surface area contributed by atoms with Crippen LogP contribution in [0.4, 0.5) is 0 Å². The van der Waals surface area contributed by atoms with Crippen molar-refractivity contribution in [2.45, 2.75) is 90.6 Å². The fourth-order valence-electron chi connectivity index (χ4n) is 3.61. The molecule has 0 bridgehead atoms. The van der Waals surface area contributed by atoms with E-state index in [1.807, 2.05) is 13.8 Å². The van der Waals surface area contributed by atoms with Gasteiger partial charge in [0.05, 0.1) is 26.4 Å². The number of rotatable bonds is 15. The van der Waals surface area contributed by atoms with Crippen LogP contribution >= 0.6 is 15.3 Å². The van der Waals surface area contributed by atoms with Crippen LogP contribution in [0.5, 0.6) is 0 Å². The van der Waals surface area contributed by atoms with Gasteiger partial charge < -0.3 is 28.0 Å². The first-order valence-electron chi connectivity index (χ1n) is 11.2. The first kappa shape index (κ1) is 28.3. The Kier molecular flexibility index (Phi) is 10.8. The second kappa shape index (κ2) is 12.2. The van der Waals surface area contributed by atoms with Gasteiger partial charge in [-0.15, -0.1) is 0 Å². The third kappa shape index (κ3) is 6.83. The standard InChI is InChI=1S/C19H39NO10P2/c1-8-12-26-31(21,27-13-9-2)17(20-32(22,24-10-3)25-11-4)15-14-16(18(23-7)28-15)30-19(5,6)29-14/h14-18H,8-13H2,1-7H3,(H,20,22)/t14-,15+,16-,17?,18-/m1/s1. The van der Waals surface area contributed by atoms with Crippen molar-refractivity contribution in [3.8, 4) is 0 Å².